The van der Waals surface area contributed by atoms with Crippen LogP contribution in [0.2, 0.25) is 5.02 Å². The molecule has 0 spiro atoms. The van der Waals surface area contributed by atoms with Crippen molar-refractivity contribution in [3.63, 3.8) is 0 Å². The van der Waals surface area contributed by atoms with Gasteiger partial charge in [0.15, 0.2) is 0 Å². The summed E-state index contributed by atoms with van der Waals surface area (Å²) in [4.78, 5) is 2.14. The number of nitrogen functional groups attached to an aromatic ring is 1. The van der Waals surface area contributed by atoms with Crippen molar-refractivity contribution < 1.29 is 9.47 Å². The van der Waals surface area contributed by atoms with Crippen LogP contribution in [0, 0.1) is 0 Å². The van der Waals surface area contributed by atoms with E-state index in [1.165, 1.54) is 0 Å². The number of para-hydroxylation sites is 1. The fourth-order valence-electron chi connectivity index (χ4n) is 2.19. The summed E-state index contributed by atoms with van der Waals surface area (Å²) in [6, 6.07) is 5.65. The van der Waals surface area contributed by atoms with Crippen molar-refractivity contribution >= 4 is 23.0 Å². The van der Waals surface area contributed by atoms with Crippen LogP contribution in [0.25, 0.3) is 0 Å². The van der Waals surface area contributed by atoms with E-state index >= 15 is 0 Å². The van der Waals surface area contributed by atoms with E-state index in [-0.39, 0.29) is 12.2 Å². The van der Waals surface area contributed by atoms with Gasteiger partial charge in [-0.25, -0.2) is 0 Å². The number of benzene rings is 1. The first kappa shape index (κ1) is 12.5. The Hall–Kier alpha value is -0.970. The van der Waals surface area contributed by atoms with Gasteiger partial charge in [0.05, 0.1) is 16.4 Å². The summed E-state index contributed by atoms with van der Waals surface area (Å²) in [5.41, 5.74) is 7.54. The predicted molar refractivity (Wildman–Crippen MR) is 69.7 cm³/mol. The Morgan fingerprint density at radius 1 is 1.24 bits per heavy atom. The van der Waals surface area contributed by atoms with Crippen molar-refractivity contribution in [1.82, 2.24) is 0 Å². The molecule has 1 heterocycles. The molecule has 0 bridgehead atoms. The zero-order chi connectivity index (χ0) is 12.4. The molecule has 2 atom stereocenters. The third kappa shape index (κ3) is 2.34. The van der Waals surface area contributed by atoms with Crippen LogP contribution in [0.5, 0.6) is 0 Å². The van der Waals surface area contributed by atoms with Gasteiger partial charge in [-0.05, 0) is 12.1 Å². The number of hydrogen-bond acceptors (Lipinski definition) is 4. The van der Waals surface area contributed by atoms with Gasteiger partial charge < -0.3 is 20.1 Å². The summed E-state index contributed by atoms with van der Waals surface area (Å²) in [6.07, 6.45) is 0.136. The van der Waals surface area contributed by atoms with Crippen LogP contribution in [0.1, 0.15) is 0 Å². The van der Waals surface area contributed by atoms with E-state index in [2.05, 4.69) is 4.90 Å². The normalized spacial score (nSPS) is 24.3. The molecule has 0 aliphatic carbocycles. The fraction of sp³-hybridized carbons (Fsp3) is 0.500. The Kier molecular flexibility index (Phi) is 3.76. The van der Waals surface area contributed by atoms with Gasteiger partial charge in [0, 0.05) is 27.3 Å². The van der Waals surface area contributed by atoms with E-state index < -0.39 is 0 Å². The zero-order valence-electron chi connectivity index (χ0n) is 10.0. The highest BCUT2D eigenvalue weighted by molar-refractivity contribution is 6.33. The Balaban J connectivity index is 2.22. The summed E-state index contributed by atoms with van der Waals surface area (Å²) in [7, 11) is 3.39. The van der Waals surface area contributed by atoms with Crippen LogP contribution in [-0.4, -0.2) is 39.5 Å². The van der Waals surface area contributed by atoms with E-state index in [0.717, 1.165) is 18.8 Å². The summed E-state index contributed by atoms with van der Waals surface area (Å²) in [5.74, 6) is 0. The molecule has 2 unspecified atom stereocenters. The van der Waals surface area contributed by atoms with Crippen molar-refractivity contribution in [2.75, 3.05) is 37.9 Å². The van der Waals surface area contributed by atoms with Crippen molar-refractivity contribution in [1.29, 1.82) is 0 Å². The van der Waals surface area contributed by atoms with Gasteiger partial charge in [-0.2, -0.15) is 0 Å². The lowest BCUT2D eigenvalue weighted by Crippen LogP contribution is -2.27. The maximum atomic E-state index is 6.02. The number of ether oxygens (including phenoxy) is 2. The van der Waals surface area contributed by atoms with Crippen LogP contribution >= 0.6 is 11.6 Å². The van der Waals surface area contributed by atoms with Crippen molar-refractivity contribution in [2.24, 2.45) is 0 Å². The molecule has 1 fully saturated rings. The smallest absolute Gasteiger partial charge is 0.102 e. The predicted octanol–water partition coefficient (Wildman–Crippen LogP) is 1.77. The minimum Gasteiger partial charge on any atom is -0.396 e. The second kappa shape index (κ2) is 5.12. The lowest BCUT2D eigenvalue weighted by Gasteiger charge is -2.20. The topological polar surface area (TPSA) is 47.7 Å². The number of hydrogen-bond donors (Lipinski definition) is 1. The molecule has 2 N–H and O–H groups in total. The molecule has 0 radical (unpaired) electrons. The average Bonchev–Trinajstić information content (AvgIpc) is 2.75. The monoisotopic (exact) mass is 256 g/mol. The number of nitrogens with zero attached hydrogens (tertiary/aromatic N) is 1. The molecule has 2 rings (SSSR count). The van der Waals surface area contributed by atoms with E-state index in [1.807, 2.05) is 12.1 Å². The molecule has 4 nitrogen and oxygen atoms in total. The highest BCUT2D eigenvalue weighted by Gasteiger charge is 2.33. The first-order valence-electron chi connectivity index (χ1n) is 5.52. The molecule has 1 saturated heterocycles. The van der Waals surface area contributed by atoms with Gasteiger partial charge in [-0.1, -0.05) is 17.7 Å². The van der Waals surface area contributed by atoms with Crippen LogP contribution in [0.15, 0.2) is 18.2 Å². The molecular weight excluding hydrogens is 240 g/mol. The largest absolute Gasteiger partial charge is 0.396 e. The Morgan fingerprint density at radius 3 is 2.35 bits per heavy atom. The number of rotatable bonds is 3. The third-order valence-electron chi connectivity index (χ3n) is 3.19. The molecule has 5 heteroatoms. The molecule has 0 amide bonds. The molecule has 1 aliphatic rings. The first-order valence-corrected chi connectivity index (χ1v) is 5.89. The molecule has 1 aliphatic heterocycles. The van der Waals surface area contributed by atoms with Gasteiger partial charge in [0.2, 0.25) is 0 Å². The fourth-order valence-corrected chi connectivity index (χ4v) is 2.36. The Morgan fingerprint density at radius 2 is 1.82 bits per heavy atom. The molecular formula is C12H17ClN2O2. The van der Waals surface area contributed by atoms with E-state index in [9.17, 15) is 0 Å². The van der Waals surface area contributed by atoms with Crippen LogP contribution < -0.4 is 10.6 Å². The molecule has 17 heavy (non-hydrogen) atoms. The summed E-state index contributed by atoms with van der Waals surface area (Å²) >= 11 is 6.02. The highest BCUT2D eigenvalue weighted by Crippen LogP contribution is 2.33. The zero-order valence-corrected chi connectivity index (χ0v) is 10.8. The van der Waals surface area contributed by atoms with Crippen LogP contribution in [-0.2, 0) is 9.47 Å². The van der Waals surface area contributed by atoms with Crippen molar-refractivity contribution in [3.8, 4) is 0 Å². The number of methoxy groups -OCH3 is 2. The maximum Gasteiger partial charge on any atom is 0.102 e. The minimum atomic E-state index is 0.0679. The average molecular weight is 257 g/mol. The number of nitrogens with two attached hydrogens (primary N) is 1. The maximum absolute atomic E-state index is 6.02. The van der Waals surface area contributed by atoms with E-state index in [1.54, 1.807) is 20.3 Å². The quantitative estimate of drug-likeness (QED) is 0.838. The molecule has 0 saturated carbocycles. The van der Waals surface area contributed by atoms with Crippen LogP contribution in [0.4, 0.5) is 11.4 Å². The third-order valence-corrected chi connectivity index (χ3v) is 3.52. The summed E-state index contributed by atoms with van der Waals surface area (Å²) in [6.45, 7) is 1.53. The van der Waals surface area contributed by atoms with E-state index in [0.29, 0.717) is 10.7 Å². The number of anilines is 2. The highest BCUT2D eigenvalue weighted by atomic mass is 35.5. The Labute approximate surface area is 106 Å². The first-order chi connectivity index (χ1) is 8.17. The SMILES string of the molecule is COC1CN(c2cccc(Cl)c2N)CC1OC. The van der Waals surface area contributed by atoms with Gasteiger partial charge in [-0.3, -0.25) is 0 Å². The van der Waals surface area contributed by atoms with Gasteiger partial charge in [0.25, 0.3) is 0 Å². The molecule has 0 aromatic heterocycles. The number of halogens is 1. The van der Waals surface area contributed by atoms with Gasteiger partial charge >= 0.3 is 0 Å². The molecule has 1 aromatic rings. The second-order valence-corrected chi connectivity index (χ2v) is 4.53. The molecule has 1 aromatic carbocycles. The lowest BCUT2D eigenvalue weighted by molar-refractivity contribution is -0.00461. The van der Waals surface area contributed by atoms with E-state index in [4.69, 9.17) is 26.8 Å². The van der Waals surface area contributed by atoms with Crippen molar-refractivity contribution in [3.05, 3.63) is 23.2 Å². The minimum absolute atomic E-state index is 0.0679. The Bertz CT molecular complexity index is 388. The summed E-state index contributed by atoms with van der Waals surface area (Å²) < 4.78 is 10.8. The van der Waals surface area contributed by atoms with Crippen LogP contribution in [0.3, 0.4) is 0 Å². The van der Waals surface area contributed by atoms with Gasteiger partial charge in [0.1, 0.15) is 12.2 Å². The van der Waals surface area contributed by atoms with Crippen molar-refractivity contribution in [2.45, 2.75) is 12.2 Å². The summed E-state index contributed by atoms with van der Waals surface area (Å²) in [5, 5.41) is 0.581. The lowest BCUT2D eigenvalue weighted by atomic mass is 10.2. The van der Waals surface area contributed by atoms with Gasteiger partial charge in [-0.15, -0.1) is 0 Å². The second-order valence-electron chi connectivity index (χ2n) is 4.13. The standard InChI is InChI=1S/C12H17ClN2O2/c1-16-10-6-15(7-11(10)17-2)9-5-3-4-8(13)12(9)14/h3-5,10-11H,6-7,14H2,1-2H3. The molecule has 94 valence electrons.